The highest BCUT2D eigenvalue weighted by Crippen LogP contribution is 2.41. The second-order valence-electron chi connectivity index (χ2n) is 7.81. The summed E-state index contributed by atoms with van der Waals surface area (Å²) in [6.07, 6.45) is 23.8. The van der Waals surface area contributed by atoms with Crippen molar-refractivity contribution >= 4 is 0 Å². The van der Waals surface area contributed by atoms with Crippen LogP contribution in [0.4, 0.5) is 0 Å². The maximum Gasteiger partial charge on any atom is -0.00773 e. The molecule has 2 saturated carbocycles. The van der Waals surface area contributed by atoms with Crippen LogP contribution >= 0.6 is 0 Å². The van der Waals surface area contributed by atoms with Crippen molar-refractivity contribution in [1.29, 1.82) is 0 Å². The predicted octanol–water partition coefficient (Wildman–Crippen LogP) is 6.06. The van der Waals surface area contributed by atoms with Gasteiger partial charge in [-0.2, -0.15) is 0 Å². The van der Waals surface area contributed by atoms with Gasteiger partial charge in [0.15, 0.2) is 0 Å². The average molecular weight is 294 g/mol. The molecule has 0 amide bonds. The molecule has 0 aliphatic heterocycles. The molecule has 2 aliphatic carbocycles. The number of nitrogens with two attached hydrogens (primary N) is 1. The molecule has 124 valence electrons. The maximum atomic E-state index is 5.67. The van der Waals surface area contributed by atoms with Gasteiger partial charge in [-0.25, -0.2) is 0 Å². The molecule has 2 N–H and O–H groups in total. The maximum absolute atomic E-state index is 5.67. The van der Waals surface area contributed by atoms with Gasteiger partial charge < -0.3 is 5.73 Å². The zero-order valence-corrected chi connectivity index (χ0v) is 14.3. The highest BCUT2D eigenvalue weighted by molar-refractivity contribution is 4.80. The molecule has 0 aromatic rings. The Kier molecular flexibility index (Phi) is 8.78. The van der Waals surface area contributed by atoms with Crippen molar-refractivity contribution in [3.8, 4) is 0 Å². The van der Waals surface area contributed by atoms with Crippen molar-refractivity contribution in [3.05, 3.63) is 0 Å². The molecule has 0 aromatic heterocycles. The van der Waals surface area contributed by atoms with E-state index in [-0.39, 0.29) is 0 Å². The Bertz CT molecular complexity index is 214. The molecule has 0 spiro atoms. The lowest BCUT2D eigenvalue weighted by molar-refractivity contribution is 0.171. The minimum Gasteiger partial charge on any atom is -0.330 e. The highest BCUT2D eigenvalue weighted by Gasteiger charge is 2.29. The minimum absolute atomic E-state index is 0.886. The van der Waals surface area contributed by atoms with Gasteiger partial charge in [0.1, 0.15) is 0 Å². The van der Waals surface area contributed by atoms with Gasteiger partial charge in [0.2, 0.25) is 0 Å². The fourth-order valence-corrected chi connectivity index (χ4v) is 5.04. The van der Waals surface area contributed by atoms with E-state index >= 15 is 0 Å². The smallest absolute Gasteiger partial charge is 0.00773 e. The summed E-state index contributed by atoms with van der Waals surface area (Å²) in [7, 11) is 0. The van der Waals surface area contributed by atoms with Gasteiger partial charge in [0.05, 0.1) is 0 Å². The van der Waals surface area contributed by atoms with Crippen LogP contribution in [0, 0.1) is 17.8 Å². The van der Waals surface area contributed by atoms with Crippen LogP contribution in [0.1, 0.15) is 103 Å². The van der Waals surface area contributed by atoms with Gasteiger partial charge in [-0.15, -0.1) is 0 Å². The first kappa shape index (κ1) is 17.3. The zero-order chi connectivity index (χ0) is 14.8. The first-order valence-electron chi connectivity index (χ1n) is 10.1. The Morgan fingerprint density at radius 3 is 1.52 bits per heavy atom. The van der Waals surface area contributed by atoms with E-state index in [1.165, 1.54) is 103 Å². The SMILES string of the molecule is NCCCCCC(C1CCCCCC1)C1CCCCCC1. The molecule has 2 fully saturated rings. The zero-order valence-electron chi connectivity index (χ0n) is 14.3. The molecule has 0 atom stereocenters. The van der Waals surface area contributed by atoms with Crippen LogP contribution in [0.15, 0.2) is 0 Å². The topological polar surface area (TPSA) is 26.0 Å². The highest BCUT2D eigenvalue weighted by atomic mass is 14.5. The second kappa shape index (κ2) is 10.6. The van der Waals surface area contributed by atoms with Crippen molar-refractivity contribution < 1.29 is 0 Å². The van der Waals surface area contributed by atoms with Crippen LogP contribution in [0.3, 0.4) is 0 Å². The third-order valence-electron chi connectivity index (χ3n) is 6.25. The average Bonchev–Trinajstić information content (AvgIpc) is 2.92. The third-order valence-corrected chi connectivity index (χ3v) is 6.25. The van der Waals surface area contributed by atoms with Crippen LogP contribution in [0.25, 0.3) is 0 Å². The lowest BCUT2D eigenvalue weighted by atomic mass is 9.72. The van der Waals surface area contributed by atoms with Crippen LogP contribution in [0.2, 0.25) is 0 Å². The summed E-state index contributed by atoms with van der Waals surface area (Å²) in [5.74, 6) is 3.18. The summed E-state index contributed by atoms with van der Waals surface area (Å²) in [5, 5.41) is 0. The van der Waals surface area contributed by atoms with E-state index in [1.807, 2.05) is 0 Å². The van der Waals surface area contributed by atoms with E-state index in [9.17, 15) is 0 Å². The second-order valence-corrected chi connectivity index (χ2v) is 7.81. The molecule has 0 unspecified atom stereocenters. The van der Waals surface area contributed by atoms with Gasteiger partial charge in [0.25, 0.3) is 0 Å². The number of hydrogen-bond donors (Lipinski definition) is 1. The Morgan fingerprint density at radius 2 is 1.10 bits per heavy atom. The van der Waals surface area contributed by atoms with E-state index in [0.717, 1.165) is 24.3 Å². The minimum atomic E-state index is 0.886. The molecule has 0 bridgehead atoms. The molecule has 0 heterocycles. The molecule has 1 heteroatoms. The molecule has 2 aliphatic rings. The molecular formula is C20H39N. The van der Waals surface area contributed by atoms with Gasteiger partial charge in [-0.3, -0.25) is 0 Å². The standard InChI is InChI=1S/C20H39N/c21-17-11-5-10-16-20(18-12-6-1-2-7-13-18)19-14-8-3-4-9-15-19/h18-20H,1-17,21H2. The monoisotopic (exact) mass is 293 g/mol. The van der Waals surface area contributed by atoms with E-state index < -0.39 is 0 Å². The molecule has 1 nitrogen and oxygen atoms in total. The molecule has 0 saturated heterocycles. The third kappa shape index (κ3) is 6.30. The molecular weight excluding hydrogens is 254 g/mol. The number of unbranched alkanes of at least 4 members (excludes halogenated alkanes) is 2. The fourth-order valence-electron chi connectivity index (χ4n) is 5.04. The van der Waals surface area contributed by atoms with Crippen molar-refractivity contribution in [1.82, 2.24) is 0 Å². The van der Waals surface area contributed by atoms with E-state index in [1.54, 1.807) is 0 Å². The van der Waals surface area contributed by atoms with Gasteiger partial charge >= 0.3 is 0 Å². The summed E-state index contributed by atoms with van der Waals surface area (Å²) in [5.41, 5.74) is 5.67. The molecule has 21 heavy (non-hydrogen) atoms. The first-order valence-corrected chi connectivity index (χ1v) is 10.1. The van der Waals surface area contributed by atoms with Crippen LogP contribution in [-0.4, -0.2) is 6.54 Å². The molecule has 0 aromatic carbocycles. The summed E-state index contributed by atoms with van der Waals surface area (Å²) in [6, 6.07) is 0. The Labute approximate surface area is 133 Å². The number of rotatable bonds is 7. The summed E-state index contributed by atoms with van der Waals surface area (Å²) in [6.45, 7) is 0.886. The Hall–Kier alpha value is -0.0400. The number of hydrogen-bond acceptors (Lipinski definition) is 1. The fraction of sp³-hybridized carbons (Fsp3) is 1.00. The quantitative estimate of drug-likeness (QED) is 0.448. The van der Waals surface area contributed by atoms with Crippen LogP contribution < -0.4 is 5.73 Å². The van der Waals surface area contributed by atoms with E-state index in [0.29, 0.717) is 0 Å². The van der Waals surface area contributed by atoms with Crippen LogP contribution in [0.5, 0.6) is 0 Å². The van der Waals surface area contributed by atoms with Gasteiger partial charge in [0, 0.05) is 0 Å². The Morgan fingerprint density at radius 1 is 0.619 bits per heavy atom. The van der Waals surface area contributed by atoms with E-state index in [2.05, 4.69) is 0 Å². The van der Waals surface area contributed by atoms with Crippen molar-refractivity contribution in [2.45, 2.75) is 103 Å². The molecule has 0 radical (unpaired) electrons. The van der Waals surface area contributed by atoms with Crippen LogP contribution in [-0.2, 0) is 0 Å². The van der Waals surface area contributed by atoms with Gasteiger partial charge in [-0.1, -0.05) is 89.9 Å². The molecule has 2 rings (SSSR count). The first-order chi connectivity index (χ1) is 10.4. The lowest BCUT2D eigenvalue weighted by Crippen LogP contribution is -2.24. The lowest BCUT2D eigenvalue weighted by Gasteiger charge is -2.33. The van der Waals surface area contributed by atoms with Gasteiger partial charge in [-0.05, 0) is 37.1 Å². The van der Waals surface area contributed by atoms with Crippen molar-refractivity contribution in [3.63, 3.8) is 0 Å². The normalized spacial score (nSPS) is 23.1. The van der Waals surface area contributed by atoms with E-state index in [4.69, 9.17) is 5.73 Å². The largest absolute Gasteiger partial charge is 0.330 e. The Balaban J connectivity index is 1.90. The summed E-state index contributed by atoms with van der Waals surface area (Å²) in [4.78, 5) is 0. The van der Waals surface area contributed by atoms with Crippen molar-refractivity contribution in [2.24, 2.45) is 23.5 Å². The predicted molar refractivity (Wildman–Crippen MR) is 93.4 cm³/mol. The summed E-state index contributed by atoms with van der Waals surface area (Å²) >= 11 is 0. The van der Waals surface area contributed by atoms with Crippen molar-refractivity contribution in [2.75, 3.05) is 6.54 Å². The summed E-state index contributed by atoms with van der Waals surface area (Å²) < 4.78 is 0.